The van der Waals surface area contributed by atoms with Crippen LogP contribution in [-0.4, -0.2) is 34.7 Å². The van der Waals surface area contributed by atoms with Crippen molar-refractivity contribution >= 4 is 44.5 Å². The number of rotatable bonds is 5. The van der Waals surface area contributed by atoms with Crippen molar-refractivity contribution in [2.24, 2.45) is 0 Å². The first kappa shape index (κ1) is 22.1. The second-order valence-electron chi connectivity index (χ2n) is 6.42. The summed E-state index contributed by atoms with van der Waals surface area (Å²) in [6.45, 7) is 0. The maximum absolute atomic E-state index is 13.8. The number of nitrogens with one attached hydrogen (secondary N) is 1. The maximum atomic E-state index is 13.8. The molecule has 0 spiro atoms. The lowest BCUT2D eigenvalue weighted by molar-refractivity contribution is -0.142. The van der Waals surface area contributed by atoms with Gasteiger partial charge in [-0.3, -0.25) is 4.79 Å². The van der Waals surface area contributed by atoms with Crippen LogP contribution in [0.2, 0.25) is 0 Å². The molecule has 4 aromatic rings. The van der Waals surface area contributed by atoms with Crippen LogP contribution in [0.5, 0.6) is 11.5 Å². The van der Waals surface area contributed by atoms with Gasteiger partial charge in [0.25, 0.3) is 5.91 Å². The van der Waals surface area contributed by atoms with E-state index in [1.807, 2.05) is 0 Å². The normalized spacial score (nSPS) is 11.6. The average Bonchev–Trinajstić information content (AvgIpc) is 3.41. The molecule has 1 N–H and O–H groups in total. The first-order valence-electron chi connectivity index (χ1n) is 8.96. The fraction of sp³-hybridized carbons (Fsp3) is 0.150. The van der Waals surface area contributed by atoms with Crippen molar-refractivity contribution in [3.8, 4) is 22.1 Å². The Balaban J connectivity index is 1.78. The molecule has 0 aliphatic heterocycles. The number of methoxy groups -OCH3 is 2. The molecule has 0 fully saturated rings. The molecule has 0 saturated heterocycles. The standard InChI is InChI=1S/C20H14BrF3N4O3S/c1-30-12-6-5-10(8-13(12)31-2)25-19(29)17-16(21)18-26-11(14-4-3-7-32-14)9-15(20(22,23)24)28(18)27-17/h3-9H,1-2H3,(H,25,29). The zero-order valence-electron chi connectivity index (χ0n) is 16.5. The summed E-state index contributed by atoms with van der Waals surface area (Å²) >= 11 is 4.45. The van der Waals surface area contributed by atoms with Crippen molar-refractivity contribution < 1.29 is 27.4 Å². The molecule has 3 aromatic heterocycles. The van der Waals surface area contributed by atoms with E-state index in [1.165, 1.54) is 31.6 Å². The molecular weight excluding hydrogens is 513 g/mol. The molecular formula is C20H14BrF3N4O3S. The van der Waals surface area contributed by atoms with E-state index >= 15 is 0 Å². The van der Waals surface area contributed by atoms with Crippen LogP contribution in [-0.2, 0) is 6.18 Å². The fourth-order valence-corrected chi connectivity index (χ4v) is 4.20. The molecule has 0 unspecified atom stereocenters. The van der Waals surface area contributed by atoms with Gasteiger partial charge >= 0.3 is 6.18 Å². The van der Waals surface area contributed by atoms with Crippen LogP contribution in [0.3, 0.4) is 0 Å². The van der Waals surface area contributed by atoms with Crippen LogP contribution in [0.4, 0.5) is 18.9 Å². The van der Waals surface area contributed by atoms with Crippen LogP contribution in [0.15, 0.2) is 46.3 Å². The summed E-state index contributed by atoms with van der Waals surface area (Å²) in [6, 6.07) is 8.97. The van der Waals surface area contributed by atoms with Crippen molar-refractivity contribution in [2.45, 2.75) is 6.18 Å². The largest absolute Gasteiger partial charge is 0.493 e. The number of anilines is 1. The minimum atomic E-state index is -4.71. The van der Waals surface area contributed by atoms with Gasteiger partial charge < -0.3 is 14.8 Å². The SMILES string of the molecule is COc1ccc(NC(=O)c2nn3c(C(F)(F)F)cc(-c4cccs4)nc3c2Br)cc1OC. The lowest BCUT2D eigenvalue weighted by Crippen LogP contribution is -2.15. The lowest BCUT2D eigenvalue weighted by Gasteiger charge is -2.10. The maximum Gasteiger partial charge on any atom is 0.433 e. The number of hydrogen-bond donors (Lipinski definition) is 1. The predicted molar refractivity (Wildman–Crippen MR) is 117 cm³/mol. The summed E-state index contributed by atoms with van der Waals surface area (Å²) < 4.78 is 52.3. The zero-order valence-corrected chi connectivity index (χ0v) is 18.9. The van der Waals surface area contributed by atoms with E-state index in [0.29, 0.717) is 26.6 Å². The topological polar surface area (TPSA) is 77.8 Å². The first-order valence-corrected chi connectivity index (χ1v) is 10.6. The van der Waals surface area contributed by atoms with E-state index < -0.39 is 17.8 Å². The summed E-state index contributed by atoms with van der Waals surface area (Å²) in [5.41, 5.74) is -0.939. The molecule has 0 saturated carbocycles. The highest BCUT2D eigenvalue weighted by molar-refractivity contribution is 9.10. The number of hydrogen-bond acceptors (Lipinski definition) is 6. The summed E-state index contributed by atoms with van der Waals surface area (Å²) in [7, 11) is 2.91. The number of nitrogens with zero attached hydrogens (tertiary/aromatic N) is 3. The highest BCUT2D eigenvalue weighted by Crippen LogP contribution is 2.36. The molecule has 0 aliphatic carbocycles. The molecule has 0 radical (unpaired) electrons. The third-order valence-corrected chi connectivity index (χ3v) is 6.08. The van der Waals surface area contributed by atoms with Crippen molar-refractivity contribution in [3.05, 3.63) is 57.6 Å². The predicted octanol–water partition coefficient (Wildman–Crippen LogP) is 5.51. The Morgan fingerprint density at radius 3 is 2.53 bits per heavy atom. The first-order chi connectivity index (χ1) is 15.2. The number of amides is 1. The van der Waals surface area contributed by atoms with Gasteiger partial charge in [0.05, 0.1) is 29.3 Å². The Morgan fingerprint density at radius 1 is 1.16 bits per heavy atom. The Kier molecular flexibility index (Phi) is 5.82. The number of ether oxygens (including phenoxy) is 2. The quantitative estimate of drug-likeness (QED) is 0.371. The second kappa shape index (κ2) is 8.43. The molecule has 0 atom stereocenters. The van der Waals surface area contributed by atoms with Gasteiger partial charge in [-0.25, -0.2) is 9.50 Å². The van der Waals surface area contributed by atoms with E-state index in [1.54, 1.807) is 29.6 Å². The molecule has 32 heavy (non-hydrogen) atoms. The summed E-state index contributed by atoms with van der Waals surface area (Å²) in [6.07, 6.45) is -4.71. The van der Waals surface area contributed by atoms with E-state index in [4.69, 9.17) is 9.47 Å². The number of alkyl halides is 3. The number of thiophene rings is 1. The average molecular weight is 527 g/mol. The molecule has 1 aromatic carbocycles. The minimum absolute atomic E-state index is 0.0411. The number of carbonyl (C=O) groups is 1. The smallest absolute Gasteiger partial charge is 0.433 e. The summed E-state index contributed by atoms with van der Waals surface area (Å²) in [5.74, 6) is 0.112. The molecule has 3 heterocycles. The van der Waals surface area contributed by atoms with Gasteiger partial charge in [-0.05, 0) is 45.6 Å². The molecule has 4 rings (SSSR count). The fourth-order valence-electron chi connectivity index (χ4n) is 2.99. The molecule has 7 nitrogen and oxygen atoms in total. The molecule has 12 heteroatoms. The van der Waals surface area contributed by atoms with E-state index in [2.05, 4.69) is 31.3 Å². The van der Waals surface area contributed by atoms with E-state index in [0.717, 1.165) is 6.07 Å². The van der Waals surface area contributed by atoms with Crippen molar-refractivity contribution in [2.75, 3.05) is 19.5 Å². The van der Waals surface area contributed by atoms with Crippen LogP contribution in [0.25, 0.3) is 16.2 Å². The Labute approximate surface area is 191 Å². The number of fused-ring (bicyclic) bond motifs is 1. The van der Waals surface area contributed by atoms with Gasteiger partial charge in [-0.2, -0.15) is 18.3 Å². The molecule has 0 bridgehead atoms. The van der Waals surface area contributed by atoms with Crippen LogP contribution >= 0.6 is 27.3 Å². The van der Waals surface area contributed by atoms with Gasteiger partial charge in [0.2, 0.25) is 0 Å². The van der Waals surface area contributed by atoms with Crippen molar-refractivity contribution in [1.82, 2.24) is 14.6 Å². The minimum Gasteiger partial charge on any atom is -0.493 e. The third-order valence-electron chi connectivity index (χ3n) is 4.45. The summed E-state index contributed by atoms with van der Waals surface area (Å²) in [4.78, 5) is 17.7. The molecule has 1 amide bonds. The van der Waals surface area contributed by atoms with Crippen LogP contribution in [0.1, 0.15) is 16.2 Å². The van der Waals surface area contributed by atoms with Crippen molar-refractivity contribution in [1.29, 1.82) is 0 Å². The van der Waals surface area contributed by atoms with Crippen molar-refractivity contribution in [3.63, 3.8) is 0 Å². The van der Waals surface area contributed by atoms with Gasteiger partial charge in [0, 0.05) is 11.8 Å². The monoisotopic (exact) mass is 526 g/mol. The number of benzene rings is 1. The third kappa shape index (κ3) is 4.02. The van der Waals surface area contributed by atoms with Gasteiger partial charge in [0.15, 0.2) is 28.5 Å². The Bertz CT molecular complexity index is 1310. The van der Waals surface area contributed by atoms with E-state index in [9.17, 15) is 18.0 Å². The number of halogens is 4. The number of aromatic nitrogens is 3. The Morgan fingerprint density at radius 2 is 1.91 bits per heavy atom. The van der Waals surface area contributed by atoms with E-state index in [-0.39, 0.29) is 21.5 Å². The lowest BCUT2D eigenvalue weighted by atomic mass is 10.2. The molecule has 166 valence electrons. The van der Waals surface area contributed by atoms with Gasteiger partial charge in [-0.15, -0.1) is 11.3 Å². The highest BCUT2D eigenvalue weighted by atomic mass is 79.9. The second-order valence-corrected chi connectivity index (χ2v) is 8.16. The van der Waals surface area contributed by atoms with Gasteiger partial charge in [-0.1, -0.05) is 6.07 Å². The summed E-state index contributed by atoms with van der Waals surface area (Å²) in [5, 5.41) is 8.23. The van der Waals surface area contributed by atoms with Crippen LogP contribution < -0.4 is 14.8 Å². The Hall–Kier alpha value is -3.12. The molecule has 0 aliphatic rings. The zero-order chi connectivity index (χ0) is 23.0. The van der Waals surface area contributed by atoms with Crippen LogP contribution in [0, 0.1) is 0 Å². The highest BCUT2D eigenvalue weighted by Gasteiger charge is 2.36. The van der Waals surface area contributed by atoms with Gasteiger partial charge in [0.1, 0.15) is 0 Å². The number of carbonyl (C=O) groups excluding carboxylic acids is 1.